The van der Waals surface area contributed by atoms with E-state index in [9.17, 15) is 17.6 Å². The first-order valence-corrected chi connectivity index (χ1v) is 15.6. The number of carbonyl (C=O) groups excluding carboxylic acids is 1. The van der Waals surface area contributed by atoms with E-state index in [4.69, 9.17) is 12.2 Å². The number of rotatable bonds is 8. The first-order valence-electron chi connectivity index (χ1n) is 13.8. The van der Waals surface area contributed by atoms with Crippen LogP contribution in [0, 0.1) is 5.82 Å². The van der Waals surface area contributed by atoms with Gasteiger partial charge in [-0.15, -0.1) is 0 Å². The third-order valence-electron chi connectivity index (χ3n) is 7.15. The van der Waals surface area contributed by atoms with Gasteiger partial charge in [-0.3, -0.25) is 15.0 Å². The van der Waals surface area contributed by atoms with E-state index >= 15 is 0 Å². The van der Waals surface area contributed by atoms with E-state index in [-0.39, 0.29) is 21.9 Å². The number of anilines is 1. The largest absolute Gasteiger partial charge is 0.332 e. The molecule has 4 aromatic rings. The van der Waals surface area contributed by atoms with Crippen LogP contribution in [0.4, 0.5) is 10.1 Å². The minimum atomic E-state index is -3.70. The summed E-state index contributed by atoms with van der Waals surface area (Å²) in [6, 6.07) is 32.6. The summed E-state index contributed by atoms with van der Waals surface area (Å²) < 4.78 is 41.5. The van der Waals surface area contributed by atoms with Crippen LogP contribution in [0.2, 0.25) is 0 Å². The number of carbonyl (C=O) groups is 1. The fraction of sp³-hybridized carbons (Fsp3) is 0.152. The van der Waals surface area contributed by atoms with Gasteiger partial charge >= 0.3 is 0 Å². The molecule has 0 bridgehead atoms. The van der Waals surface area contributed by atoms with Crippen LogP contribution in [0.5, 0.6) is 0 Å². The molecule has 0 unspecified atom stereocenters. The van der Waals surface area contributed by atoms with Gasteiger partial charge in [0.05, 0.1) is 10.9 Å². The molecule has 0 saturated carbocycles. The highest BCUT2D eigenvalue weighted by Gasteiger charge is 2.32. The van der Waals surface area contributed by atoms with Crippen LogP contribution in [0.25, 0.3) is 6.08 Å². The molecule has 0 aliphatic carbocycles. The zero-order chi connectivity index (χ0) is 30.2. The van der Waals surface area contributed by atoms with Gasteiger partial charge < -0.3 is 5.32 Å². The van der Waals surface area contributed by atoms with Gasteiger partial charge in [-0.2, -0.15) is 4.31 Å². The van der Waals surface area contributed by atoms with Gasteiger partial charge in [-0.1, -0.05) is 72.8 Å². The van der Waals surface area contributed by atoms with Crippen molar-refractivity contribution in [1.82, 2.24) is 14.5 Å². The number of halogens is 1. The van der Waals surface area contributed by atoms with E-state index in [1.54, 1.807) is 30.3 Å². The number of nitrogens with one attached hydrogen (secondary N) is 2. The van der Waals surface area contributed by atoms with Crippen molar-refractivity contribution >= 4 is 45.0 Å². The van der Waals surface area contributed by atoms with Gasteiger partial charge in [0.1, 0.15) is 5.82 Å². The lowest BCUT2D eigenvalue weighted by molar-refractivity contribution is -0.115. The van der Waals surface area contributed by atoms with Crippen molar-refractivity contribution in [2.45, 2.75) is 10.9 Å². The van der Waals surface area contributed by atoms with Crippen LogP contribution < -0.4 is 10.6 Å². The van der Waals surface area contributed by atoms with E-state index in [2.05, 4.69) is 39.8 Å². The zero-order valence-corrected chi connectivity index (χ0v) is 24.9. The Kier molecular flexibility index (Phi) is 9.73. The Hall–Kier alpha value is -4.22. The number of hydrogen-bond acceptors (Lipinski definition) is 5. The molecule has 4 aromatic carbocycles. The first kappa shape index (κ1) is 30.2. The number of sulfonamides is 1. The molecule has 0 radical (unpaired) electrons. The van der Waals surface area contributed by atoms with Gasteiger partial charge in [-0.05, 0) is 71.4 Å². The van der Waals surface area contributed by atoms with Gasteiger partial charge in [0.2, 0.25) is 15.9 Å². The lowest BCUT2D eigenvalue weighted by atomic mass is 9.96. The number of benzene rings is 4. The second-order valence-corrected chi connectivity index (χ2v) is 12.4. The molecule has 1 saturated heterocycles. The van der Waals surface area contributed by atoms with Gasteiger partial charge in [0.25, 0.3) is 0 Å². The molecule has 220 valence electrons. The Balaban J connectivity index is 1.17. The topological polar surface area (TPSA) is 81.8 Å². The molecule has 1 fully saturated rings. The normalized spacial score (nSPS) is 14.6. The zero-order valence-electron chi connectivity index (χ0n) is 23.3. The fourth-order valence-corrected chi connectivity index (χ4v) is 6.65. The first-order chi connectivity index (χ1) is 20.8. The van der Waals surface area contributed by atoms with Crippen LogP contribution in [0.15, 0.2) is 120 Å². The molecule has 1 amide bonds. The number of nitrogens with zero attached hydrogens (tertiary/aromatic N) is 2. The molecule has 0 aromatic heterocycles. The van der Waals surface area contributed by atoms with Gasteiger partial charge in [0.15, 0.2) is 5.11 Å². The molecule has 7 nitrogen and oxygen atoms in total. The highest BCUT2D eigenvalue weighted by molar-refractivity contribution is 7.89. The predicted molar refractivity (Wildman–Crippen MR) is 171 cm³/mol. The molecule has 5 rings (SSSR count). The van der Waals surface area contributed by atoms with E-state index in [0.717, 1.165) is 0 Å². The Bertz CT molecular complexity index is 1630. The van der Waals surface area contributed by atoms with E-state index < -0.39 is 15.9 Å². The molecule has 0 spiro atoms. The maximum Gasteiger partial charge on any atom is 0.250 e. The SMILES string of the molecule is O=C(/C=C/c1ccc(F)cc1)NC(=S)Nc1ccc(S(=O)(=O)N2CCN(C(c3ccccc3)c3ccccc3)CC2)cc1. The lowest BCUT2D eigenvalue weighted by Crippen LogP contribution is -2.49. The Labute approximate surface area is 256 Å². The minimum absolute atomic E-state index is 0.0420. The molecule has 1 aliphatic rings. The molecular formula is C33H31FN4O3S2. The van der Waals surface area contributed by atoms with Crippen LogP contribution in [0.1, 0.15) is 22.7 Å². The quantitative estimate of drug-likeness (QED) is 0.203. The second-order valence-electron chi connectivity index (χ2n) is 10.0. The molecule has 1 heterocycles. The minimum Gasteiger partial charge on any atom is -0.332 e. The highest BCUT2D eigenvalue weighted by Crippen LogP contribution is 2.30. The number of piperazine rings is 1. The smallest absolute Gasteiger partial charge is 0.250 e. The Morgan fingerprint density at radius 3 is 1.91 bits per heavy atom. The summed E-state index contributed by atoms with van der Waals surface area (Å²) in [4.78, 5) is 14.7. The van der Waals surface area contributed by atoms with Crippen molar-refractivity contribution < 1.29 is 17.6 Å². The van der Waals surface area contributed by atoms with Crippen molar-refractivity contribution in [1.29, 1.82) is 0 Å². The number of hydrogen-bond donors (Lipinski definition) is 2. The lowest BCUT2D eigenvalue weighted by Gasteiger charge is -2.39. The summed E-state index contributed by atoms with van der Waals surface area (Å²) in [5, 5.41) is 5.48. The number of amides is 1. The molecule has 2 N–H and O–H groups in total. The molecule has 1 aliphatic heterocycles. The van der Waals surface area contributed by atoms with Crippen molar-refractivity contribution in [2.24, 2.45) is 0 Å². The molecule has 43 heavy (non-hydrogen) atoms. The van der Waals surface area contributed by atoms with Crippen LogP contribution >= 0.6 is 12.2 Å². The average Bonchev–Trinajstić information content (AvgIpc) is 3.02. The van der Waals surface area contributed by atoms with Crippen LogP contribution in [0.3, 0.4) is 0 Å². The molecular weight excluding hydrogens is 584 g/mol. The predicted octanol–water partition coefficient (Wildman–Crippen LogP) is 5.45. The highest BCUT2D eigenvalue weighted by atomic mass is 32.2. The summed E-state index contributed by atoms with van der Waals surface area (Å²) in [5.41, 5.74) is 3.54. The second kappa shape index (κ2) is 13.8. The Morgan fingerprint density at radius 1 is 0.791 bits per heavy atom. The number of thiocarbonyl (C=S) groups is 1. The maximum absolute atomic E-state index is 13.5. The standard InChI is InChI=1S/C33H31FN4O3S2/c34-28-14-11-25(12-15-28)13-20-31(39)36-33(42)35-29-16-18-30(19-17-29)43(40,41)38-23-21-37(22-24-38)32(26-7-3-1-4-8-26)27-9-5-2-6-10-27/h1-20,32H,21-24H2,(H2,35,36,39,42)/b20-13+. The van der Waals surface area contributed by atoms with Crippen LogP contribution in [-0.4, -0.2) is 54.8 Å². The van der Waals surface area contributed by atoms with Gasteiger partial charge in [0, 0.05) is 37.9 Å². The van der Waals surface area contributed by atoms with E-state index in [1.807, 2.05) is 36.4 Å². The van der Waals surface area contributed by atoms with Gasteiger partial charge in [-0.25, -0.2) is 12.8 Å². The van der Waals surface area contributed by atoms with Crippen molar-refractivity contribution in [2.75, 3.05) is 31.5 Å². The fourth-order valence-electron chi connectivity index (χ4n) is 5.01. The average molecular weight is 615 g/mol. The summed E-state index contributed by atoms with van der Waals surface area (Å²) in [6.07, 6.45) is 2.83. The summed E-state index contributed by atoms with van der Waals surface area (Å²) in [7, 11) is -3.70. The third-order valence-corrected chi connectivity index (χ3v) is 9.27. The van der Waals surface area contributed by atoms with E-state index in [1.165, 1.54) is 45.8 Å². The molecule has 10 heteroatoms. The Morgan fingerprint density at radius 2 is 1.35 bits per heavy atom. The monoisotopic (exact) mass is 614 g/mol. The van der Waals surface area contributed by atoms with E-state index in [0.29, 0.717) is 37.4 Å². The summed E-state index contributed by atoms with van der Waals surface area (Å²) in [6.45, 7) is 1.94. The third kappa shape index (κ3) is 7.79. The maximum atomic E-state index is 13.5. The van der Waals surface area contributed by atoms with Crippen molar-refractivity contribution in [3.8, 4) is 0 Å². The summed E-state index contributed by atoms with van der Waals surface area (Å²) >= 11 is 5.21. The van der Waals surface area contributed by atoms with Crippen LogP contribution in [-0.2, 0) is 14.8 Å². The molecule has 0 atom stereocenters. The van der Waals surface area contributed by atoms with Crippen molar-refractivity contribution in [3.63, 3.8) is 0 Å². The summed E-state index contributed by atoms with van der Waals surface area (Å²) in [5.74, 6) is -0.814. The van der Waals surface area contributed by atoms with Crippen molar-refractivity contribution in [3.05, 3.63) is 138 Å².